The van der Waals surface area contributed by atoms with Gasteiger partial charge in [0.25, 0.3) is 0 Å². The predicted molar refractivity (Wildman–Crippen MR) is 54.8 cm³/mol. The van der Waals surface area contributed by atoms with Crippen molar-refractivity contribution in [3.8, 4) is 0 Å². The SMILES string of the molecule is Cc1ccc(Br)c2[nH]c(=O)ncc12. The van der Waals surface area contributed by atoms with Crippen LogP contribution in [-0.2, 0) is 0 Å². The summed E-state index contributed by atoms with van der Waals surface area (Å²) in [6.45, 7) is 1.98. The maximum atomic E-state index is 11.0. The summed E-state index contributed by atoms with van der Waals surface area (Å²) in [6.07, 6.45) is 1.59. The summed E-state index contributed by atoms with van der Waals surface area (Å²) in [5, 5.41) is 0.967. The smallest absolute Gasteiger partial charge is 0.304 e. The molecule has 0 aliphatic heterocycles. The zero-order valence-electron chi connectivity index (χ0n) is 6.97. The van der Waals surface area contributed by atoms with Crippen molar-refractivity contribution < 1.29 is 0 Å². The molecule has 0 amide bonds. The number of benzene rings is 1. The van der Waals surface area contributed by atoms with Gasteiger partial charge in [-0.3, -0.25) is 0 Å². The van der Waals surface area contributed by atoms with E-state index < -0.39 is 0 Å². The average molecular weight is 239 g/mol. The van der Waals surface area contributed by atoms with Crippen molar-refractivity contribution in [3.63, 3.8) is 0 Å². The van der Waals surface area contributed by atoms with E-state index >= 15 is 0 Å². The van der Waals surface area contributed by atoms with Gasteiger partial charge in [-0.2, -0.15) is 0 Å². The molecule has 1 heterocycles. The molecule has 0 fully saturated rings. The normalized spacial score (nSPS) is 10.6. The fourth-order valence-corrected chi connectivity index (χ4v) is 1.70. The van der Waals surface area contributed by atoms with Crippen LogP contribution in [0.3, 0.4) is 0 Å². The van der Waals surface area contributed by atoms with Gasteiger partial charge >= 0.3 is 5.69 Å². The Morgan fingerprint density at radius 1 is 1.46 bits per heavy atom. The van der Waals surface area contributed by atoms with Crippen molar-refractivity contribution in [1.82, 2.24) is 9.97 Å². The first kappa shape index (κ1) is 8.44. The number of aromatic nitrogens is 2. The van der Waals surface area contributed by atoms with Crippen LogP contribution in [0.1, 0.15) is 5.56 Å². The summed E-state index contributed by atoms with van der Waals surface area (Å²) < 4.78 is 0.882. The number of hydrogen-bond acceptors (Lipinski definition) is 2. The van der Waals surface area contributed by atoms with Crippen molar-refractivity contribution in [2.24, 2.45) is 0 Å². The van der Waals surface area contributed by atoms with E-state index in [-0.39, 0.29) is 5.69 Å². The lowest BCUT2D eigenvalue weighted by atomic mass is 10.1. The quantitative estimate of drug-likeness (QED) is 0.764. The van der Waals surface area contributed by atoms with Gasteiger partial charge in [-0.25, -0.2) is 9.78 Å². The van der Waals surface area contributed by atoms with Gasteiger partial charge in [0.05, 0.1) is 5.52 Å². The molecule has 0 atom stereocenters. The highest BCUT2D eigenvalue weighted by molar-refractivity contribution is 9.10. The fourth-order valence-electron chi connectivity index (χ4n) is 1.25. The highest BCUT2D eigenvalue weighted by atomic mass is 79.9. The van der Waals surface area contributed by atoms with Crippen molar-refractivity contribution in [2.45, 2.75) is 6.92 Å². The van der Waals surface area contributed by atoms with E-state index in [1.165, 1.54) is 0 Å². The summed E-state index contributed by atoms with van der Waals surface area (Å²) in [5.41, 5.74) is 1.58. The molecule has 0 saturated heterocycles. The molecule has 0 radical (unpaired) electrons. The number of H-pyrrole nitrogens is 1. The molecule has 0 unspecified atom stereocenters. The lowest BCUT2D eigenvalue weighted by molar-refractivity contribution is 1.11. The number of hydrogen-bond donors (Lipinski definition) is 1. The molecule has 13 heavy (non-hydrogen) atoms. The molecule has 4 heteroatoms. The van der Waals surface area contributed by atoms with Gasteiger partial charge in [-0.05, 0) is 34.5 Å². The number of nitrogens with one attached hydrogen (secondary N) is 1. The number of nitrogens with zero attached hydrogens (tertiary/aromatic N) is 1. The number of rotatable bonds is 0. The topological polar surface area (TPSA) is 45.8 Å². The summed E-state index contributed by atoms with van der Waals surface area (Å²) in [5.74, 6) is 0. The van der Waals surface area contributed by atoms with E-state index in [0.29, 0.717) is 0 Å². The van der Waals surface area contributed by atoms with Crippen LogP contribution in [-0.4, -0.2) is 9.97 Å². The zero-order valence-corrected chi connectivity index (χ0v) is 8.55. The molecule has 3 nitrogen and oxygen atoms in total. The Hall–Kier alpha value is -1.16. The van der Waals surface area contributed by atoms with Gasteiger partial charge in [-0.1, -0.05) is 6.07 Å². The minimum atomic E-state index is -0.321. The first-order valence-corrected chi connectivity index (χ1v) is 4.62. The second kappa shape index (κ2) is 2.96. The van der Waals surface area contributed by atoms with Crippen LogP contribution < -0.4 is 5.69 Å². The van der Waals surface area contributed by atoms with Crippen LogP contribution in [0.2, 0.25) is 0 Å². The molecular weight excluding hydrogens is 232 g/mol. The van der Waals surface area contributed by atoms with Crippen LogP contribution in [0, 0.1) is 6.92 Å². The summed E-state index contributed by atoms with van der Waals surface area (Å²) >= 11 is 3.37. The third kappa shape index (κ3) is 1.37. The average Bonchev–Trinajstić information content (AvgIpc) is 2.12. The van der Waals surface area contributed by atoms with Crippen LogP contribution >= 0.6 is 15.9 Å². The molecule has 0 spiro atoms. The largest absolute Gasteiger partial charge is 0.345 e. The molecule has 0 aliphatic carbocycles. The third-order valence-corrected chi connectivity index (χ3v) is 2.62. The van der Waals surface area contributed by atoms with Crippen LogP contribution in [0.25, 0.3) is 10.9 Å². The summed E-state index contributed by atoms with van der Waals surface area (Å²) in [4.78, 5) is 17.3. The summed E-state index contributed by atoms with van der Waals surface area (Å²) in [6, 6.07) is 3.89. The van der Waals surface area contributed by atoms with Gasteiger partial charge in [0.2, 0.25) is 0 Å². The Kier molecular flexibility index (Phi) is 1.92. The minimum absolute atomic E-state index is 0.321. The fraction of sp³-hybridized carbons (Fsp3) is 0.111. The summed E-state index contributed by atoms with van der Waals surface area (Å²) in [7, 11) is 0. The molecule has 0 aliphatic rings. The first-order chi connectivity index (χ1) is 6.18. The predicted octanol–water partition coefficient (Wildman–Crippen LogP) is 1.99. The van der Waals surface area contributed by atoms with Crippen molar-refractivity contribution in [3.05, 3.63) is 38.9 Å². The molecule has 66 valence electrons. The minimum Gasteiger partial charge on any atom is -0.304 e. The van der Waals surface area contributed by atoms with Crippen molar-refractivity contribution in [1.29, 1.82) is 0 Å². The molecular formula is C9H7BrN2O. The van der Waals surface area contributed by atoms with Gasteiger partial charge in [-0.15, -0.1) is 0 Å². The van der Waals surface area contributed by atoms with E-state index in [1.54, 1.807) is 6.20 Å². The molecule has 2 rings (SSSR count). The highest BCUT2D eigenvalue weighted by Gasteiger charge is 2.01. The molecule has 1 N–H and O–H groups in total. The molecule has 0 saturated carbocycles. The van der Waals surface area contributed by atoms with Crippen molar-refractivity contribution >= 4 is 26.8 Å². The van der Waals surface area contributed by atoms with Gasteiger partial charge < -0.3 is 4.98 Å². The molecule has 1 aromatic heterocycles. The molecule has 1 aromatic carbocycles. The Labute approximate surface area is 82.9 Å². The third-order valence-electron chi connectivity index (χ3n) is 1.96. The number of aryl methyl sites for hydroxylation is 1. The van der Waals surface area contributed by atoms with E-state index in [0.717, 1.165) is 20.9 Å². The second-order valence-corrected chi connectivity index (χ2v) is 3.70. The van der Waals surface area contributed by atoms with Crippen LogP contribution in [0.15, 0.2) is 27.6 Å². The van der Waals surface area contributed by atoms with Gasteiger partial charge in [0.1, 0.15) is 0 Å². The van der Waals surface area contributed by atoms with E-state index in [1.807, 2.05) is 19.1 Å². The number of halogens is 1. The van der Waals surface area contributed by atoms with E-state index in [2.05, 4.69) is 25.9 Å². The maximum absolute atomic E-state index is 11.0. The van der Waals surface area contributed by atoms with Crippen LogP contribution in [0.5, 0.6) is 0 Å². The van der Waals surface area contributed by atoms with Crippen LogP contribution in [0.4, 0.5) is 0 Å². The standard InChI is InChI=1S/C9H7BrN2O/c1-5-2-3-7(10)8-6(5)4-11-9(13)12-8/h2-4H,1H3,(H,11,12,13). The van der Waals surface area contributed by atoms with Crippen molar-refractivity contribution in [2.75, 3.05) is 0 Å². The molecule has 0 bridgehead atoms. The Bertz CT molecular complexity index is 518. The first-order valence-electron chi connectivity index (χ1n) is 3.82. The lowest BCUT2D eigenvalue weighted by Crippen LogP contribution is -2.09. The van der Waals surface area contributed by atoms with Gasteiger partial charge in [0.15, 0.2) is 0 Å². The van der Waals surface area contributed by atoms with E-state index in [4.69, 9.17) is 0 Å². The number of aromatic amines is 1. The van der Waals surface area contributed by atoms with Gasteiger partial charge in [0, 0.05) is 16.1 Å². The van der Waals surface area contributed by atoms with E-state index in [9.17, 15) is 4.79 Å². The maximum Gasteiger partial charge on any atom is 0.345 e. The monoisotopic (exact) mass is 238 g/mol. The highest BCUT2D eigenvalue weighted by Crippen LogP contribution is 2.22. The second-order valence-electron chi connectivity index (χ2n) is 2.84. The Morgan fingerprint density at radius 2 is 2.23 bits per heavy atom. The lowest BCUT2D eigenvalue weighted by Gasteiger charge is -2.01. The molecule has 2 aromatic rings. The Morgan fingerprint density at radius 3 is 3.00 bits per heavy atom. The zero-order chi connectivity index (χ0) is 9.42. The Balaban J connectivity index is 3.00. The number of fused-ring (bicyclic) bond motifs is 1.